The molecule has 4 aliphatic carbocycles. The van der Waals surface area contributed by atoms with Gasteiger partial charge in [-0.15, -0.1) is 0 Å². The van der Waals surface area contributed by atoms with Gasteiger partial charge in [0, 0.05) is 13.0 Å². The van der Waals surface area contributed by atoms with Crippen LogP contribution < -0.4 is 11.1 Å². The predicted octanol–water partition coefficient (Wildman–Crippen LogP) is 3.07. The number of Topliss-reactive ketones (excluding diaryl/α,β-unsaturated/α-hetero) is 1. The number of carbonyl (C=O) groups excluding carboxylic acids is 2. The lowest BCUT2D eigenvalue weighted by Gasteiger charge is -2.61. The number of ether oxygens (including phenoxy) is 2. The zero-order valence-electron chi connectivity index (χ0n) is 22.1. The third-order valence-electron chi connectivity index (χ3n) is 10.7. The van der Waals surface area contributed by atoms with E-state index in [1.54, 1.807) is 6.92 Å². The maximum absolute atomic E-state index is 13.3. The van der Waals surface area contributed by atoms with Crippen LogP contribution in [-0.4, -0.2) is 62.4 Å². The average Bonchev–Trinajstić information content (AvgIpc) is 3.19. The lowest BCUT2D eigenvalue weighted by Crippen LogP contribution is -2.57. The van der Waals surface area contributed by atoms with E-state index in [9.17, 15) is 14.7 Å². The minimum Gasteiger partial charge on any atom is -0.465 e. The number of esters is 1. The molecule has 0 amide bonds. The molecule has 4 aliphatic rings. The molecule has 0 spiro atoms. The van der Waals surface area contributed by atoms with Crippen molar-refractivity contribution in [3.8, 4) is 0 Å². The summed E-state index contributed by atoms with van der Waals surface area (Å²) in [4.78, 5) is 25.0. The summed E-state index contributed by atoms with van der Waals surface area (Å²) < 4.78 is 10.8. The van der Waals surface area contributed by atoms with Crippen LogP contribution in [0.3, 0.4) is 0 Å². The maximum Gasteiger partial charge on any atom is 0.322 e. The molecular weight excluding hydrogens is 444 g/mol. The second-order valence-corrected chi connectivity index (χ2v) is 12.2. The predicted molar refractivity (Wildman–Crippen MR) is 135 cm³/mol. The van der Waals surface area contributed by atoms with Crippen LogP contribution in [0.15, 0.2) is 0 Å². The Morgan fingerprint density at radius 3 is 2.66 bits per heavy atom. The maximum atomic E-state index is 13.3. The van der Waals surface area contributed by atoms with Gasteiger partial charge in [0.25, 0.3) is 0 Å². The van der Waals surface area contributed by atoms with Gasteiger partial charge in [-0.25, -0.2) is 0 Å². The lowest BCUT2D eigenvalue weighted by molar-refractivity contribution is -0.160. The van der Waals surface area contributed by atoms with Crippen molar-refractivity contribution in [3.05, 3.63) is 0 Å². The van der Waals surface area contributed by atoms with Crippen LogP contribution in [0.2, 0.25) is 0 Å². The van der Waals surface area contributed by atoms with Crippen LogP contribution in [0.25, 0.3) is 0 Å². The largest absolute Gasteiger partial charge is 0.465 e. The summed E-state index contributed by atoms with van der Waals surface area (Å²) in [6.07, 6.45) is 10.1. The molecule has 4 N–H and O–H groups in total. The van der Waals surface area contributed by atoms with E-state index >= 15 is 0 Å². The Kier molecular flexibility index (Phi) is 8.62. The standard InChI is InChI=1S/C28H48N2O5/c1-4-35-26(33)24(29)11-14-30-16-25(32)23-8-7-21-20-6-5-18-15-19(31)9-13-28(18,17-34-3)22(20)10-12-27(21,23)2/h18-24,30-31H,4-17,29H2,1-3H3/t18-,19+,20-,21-,22-,23+,24?,27-,28+/m0/s1. The molecule has 1 unspecified atom stereocenters. The van der Waals surface area contributed by atoms with Crippen molar-refractivity contribution in [1.82, 2.24) is 5.32 Å². The molecule has 4 fully saturated rings. The molecule has 35 heavy (non-hydrogen) atoms. The summed E-state index contributed by atoms with van der Waals surface area (Å²) in [5.74, 6) is 2.56. The Morgan fingerprint density at radius 2 is 1.91 bits per heavy atom. The number of methoxy groups -OCH3 is 1. The number of hydrogen-bond donors (Lipinski definition) is 3. The highest BCUT2D eigenvalue weighted by Crippen LogP contribution is 2.67. The minimum absolute atomic E-state index is 0.0799. The van der Waals surface area contributed by atoms with E-state index in [2.05, 4.69) is 12.2 Å². The SMILES string of the molecule is CCOC(=O)C(N)CCNCC(=O)[C@H]1CC[C@H]2[C@@H]3CC[C@H]4C[C@H](O)CC[C@]4(COC)[C@H]3CC[C@]12C. The zero-order valence-corrected chi connectivity index (χ0v) is 22.1. The first kappa shape index (κ1) is 27.0. The summed E-state index contributed by atoms with van der Waals surface area (Å²) >= 11 is 0. The highest BCUT2D eigenvalue weighted by Gasteiger charge is 2.62. The Labute approximate surface area is 211 Å². The third kappa shape index (κ3) is 5.07. The van der Waals surface area contributed by atoms with E-state index in [0.29, 0.717) is 55.6 Å². The summed E-state index contributed by atoms with van der Waals surface area (Å²) in [7, 11) is 1.84. The number of ketones is 1. The van der Waals surface area contributed by atoms with E-state index in [0.717, 1.165) is 45.1 Å². The van der Waals surface area contributed by atoms with E-state index in [-0.39, 0.29) is 28.8 Å². The van der Waals surface area contributed by atoms with E-state index in [4.69, 9.17) is 15.2 Å². The number of nitrogens with two attached hydrogens (primary N) is 1. The second kappa shape index (κ2) is 11.2. The van der Waals surface area contributed by atoms with Gasteiger partial charge in [-0.05, 0) is 112 Å². The van der Waals surface area contributed by atoms with Crippen molar-refractivity contribution < 1.29 is 24.2 Å². The molecule has 7 heteroatoms. The number of aliphatic hydroxyl groups excluding tert-OH is 1. The van der Waals surface area contributed by atoms with Crippen molar-refractivity contribution in [2.24, 2.45) is 46.2 Å². The van der Waals surface area contributed by atoms with Crippen LogP contribution in [0, 0.1) is 40.4 Å². The second-order valence-electron chi connectivity index (χ2n) is 12.2. The molecule has 4 saturated carbocycles. The van der Waals surface area contributed by atoms with Crippen LogP contribution in [0.5, 0.6) is 0 Å². The summed E-state index contributed by atoms with van der Waals surface area (Å²) in [5.41, 5.74) is 6.16. The van der Waals surface area contributed by atoms with Gasteiger partial charge >= 0.3 is 5.97 Å². The highest BCUT2D eigenvalue weighted by molar-refractivity contribution is 5.84. The fourth-order valence-corrected chi connectivity index (χ4v) is 9.07. The van der Waals surface area contributed by atoms with Crippen molar-refractivity contribution in [2.45, 2.75) is 90.2 Å². The fraction of sp³-hybridized carbons (Fsp3) is 0.929. The molecule has 0 radical (unpaired) electrons. The highest BCUT2D eigenvalue weighted by atomic mass is 16.5. The molecule has 4 rings (SSSR count). The van der Waals surface area contributed by atoms with Gasteiger partial charge in [0.1, 0.15) is 11.8 Å². The molecule has 9 atom stereocenters. The smallest absolute Gasteiger partial charge is 0.322 e. The van der Waals surface area contributed by atoms with Gasteiger partial charge in [0.2, 0.25) is 0 Å². The van der Waals surface area contributed by atoms with Gasteiger partial charge in [-0.2, -0.15) is 0 Å². The number of aliphatic hydroxyl groups is 1. The van der Waals surface area contributed by atoms with E-state index in [1.165, 1.54) is 19.3 Å². The molecule has 0 heterocycles. The Hall–Kier alpha value is -1.02. The van der Waals surface area contributed by atoms with Gasteiger partial charge in [-0.3, -0.25) is 9.59 Å². The van der Waals surface area contributed by atoms with Crippen LogP contribution in [0.1, 0.15) is 78.1 Å². The van der Waals surface area contributed by atoms with Gasteiger partial charge in [-0.1, -0.05) is 6.92 Å². The number of rotatable bonds is 10. The zero-order chi connectivity index (χ0) is 25.2. The van der Waals surface area contributed by atoms with Crippen LogP contribution in [0.4, 0.5) is 0 Å². The molecule has 200 valence electrons. The van der Waals surface area contributed by atoms with Crippen molar-refractivity contribution in [1.29, 1.82) is 0 Å². The minimum atomic E-state index is -0.642. The molecule has 0 aliphatic heterocycles. The number of fused-ring (bicyclic) bond motifs is 5. The molecule has 7 nitrogen and oxygen atoms in total. The van der Waals surface area contributed by atoms with Crippen molar-refractivity contribution in [3.63, 3.8) is 0 Å². The molecule has 0 aromatic carbocycles. The molecule has 0 bridgehead atoms. The van der Waals surface area contributed by atoms with Crippen molar-refractivity contribution >= 4 is 11.8 Å². The summed E-state index contributed by atoms with van der Waals surface area (Å²) in [6, 6.07) is -0.642. The first-order chi connectivity index (χ1) is 16.8. The monoisotopic (exact) mass is 492 g/mol. The summed E-state index contributed by atoms with van der Waals surface area (Å²) in [5, 5.41) is 13.6. The quantitative estimate of drug-likeness (QED) is 0.317. The molecule has 0 aromatic rings. The third-order valence-corrected chi connectivity index (χ3v) is 10.7. The molecule has 0 saturated heterocycles. The topological polar surface area (TPSA) is 111 Å². The van der Waals surface area contributed by atoms with Gasteiger partial charge in [0.15, 0.2) is 0 Å². The Bertz CT molecular complexity index is 762. The normalized spacial score (nSPS) is 41.4. The van der Waals surface area contributed by atoms with E-state index < -0.39 is 6.04 Å². The number of nitrogens with one attached hydrogen (secondary N) is 1. The Morgan fingerprint density at radius 1 is 1.11 bits per heavy atom. The average molecular weight is 493 g/mol. The van der Waals surface area contributed by atoms with Crippen LogP contribution in [-0.2, 0) is 19.1 Å². The molecule has 0 aromatic heterocycles. The Balaban J connectivity index is 1.37. The van der Waals surface area contributed by atoms with Gasteiger partial charge < -0.3 is 25.6 Å². The summed E-state index contributed by atoms with van der Waals surface area (Å²) in [6.45, 7) is 6.19. The number of hydrogen-bond acceptors (Lipinski definition) is 7. The fourth-order valence-electron chi connectivity index (χ4n) is 9.07. The molecular formula is C28H48N2O5. The first-order valence-corrected chi connectivity index (χ1v) is 14.1. The van der Waals surface area contributed by atoms with Crippen molar-refractivity contribution in [2.75, 3.05) is 33.4 Å². The van der Waals surface area contributed by atoms with Gasteiger partial charge in [0.05, 0.1) is 25.9 Å². The first-order valence-electron chi connectivity index (χ1n) is 14.1. The van der Waals surface area contributed by atoms with Crippen LogP contribution >= 0.6 is 0 Å². The lowest BCUT2D eigenvalue weighted by atomic mass is 9.44. The van der Waals surface area contributed by atoms with E-state index in [1.807, 2.05) is 7.11 Å². The number of carbonyl (C=O) groups is 2.